The molecule has 3 rings (SSSR count). The molecule has 1 aliphatic heterocycles. The fourth-order valence-corrected chi connectivity index (χ4v) is 4.33. The highest BCUT2D eigenvalue weighted by Crippen LogP contribution is 2.29. The number of hydrogen-bond acceptors (Lipinski definition) is 7. The predicted molar refractivity (Wildman–Crippen MR) is 105 cm³/mol. The van der Waals surface area contributed by atoms with Gasteiger partial charge in [0.15, 0.2) is 0 Å². The third kappa shape index (κ3) is 4.75. The van der Waals surface area contributed by atoms with Crippen LogP contribution in [0.1, 0.15) is 12.5 Å². The number of benzene rings is 2. The highest BCUT2D eigenvalue weighted by atomic mass is 32.2. The molecular weight excluding hydrogens is 403 g/mol. The van der Waals surface area contributed by atoms with Crippen molar-refractivity contribution in [3.8, 4) is 0 Å². The predicted octanol–water partition coefficient (Wildman–Crippen LogP) is 2.59. The van der Waals surface area contributed by atoms with Crippen molar-refractivity contribution in [3.63, 3.8) is 0 Å². The van der Waals surface area contributed by atoms with Gasteiger partial charge in [-0.25, -0.2) is 12.8 Å². The average molecular weight is 422 g/mol. The van der Waals surface area contributed by atoms with Crippen LogP contribution in [-0.4, -0.2) is 49.7 Å². The number of anilines is 1. The second-order valence-corrected chi connectivity index (χ2v) is 8.18. The lowest BCUT2D eigenvalue weighted by atomic mass is 10.1. The summed E-state index contributed by atoms with van der Waals surface area (Å²) >= 11 is 0. The first kappa shape index (κ1) is 20.8. The van der Waals surface area contributed by atoms with E-state index in [1.54, 1.807) is 6.92 Å². The Kier molecular flexibility index (Phi) is 6.20. The monoisotopic (exact) mass is 422 g/mol. The number of nitro groups is 1. The Labute approximate surface area is 167 Å². The summed E-state index contributed by atoms with van der Waals surface area (Å²) in [7, 11) is -4.00. The maximum Gasteiger partial charge on any atom is 0.270 e. The molecule has 1 saturated heterocycles. The van der Waals surface area contributed by atoms with Gasteiger partial charge in [0.1, 0.15) is 10.7 Å². The van der Waals surface area contributed by atoms with Crippen LogP contribution in [0.2, 0.25) is 0 Å². The summed E-state index contributed by atoms with van der Waals surface area (Å²) in [6.07, 6.45) is 0. The second kappa shape index (κ2) is 8.64. The van der Waals surface area contributed by atoms with Gasteiger partial charge in [-0.05, 0) is 30.7 Å². The molecule has 2 aromatic rings. The number of rotatable bonds is 6. The molecule has 11 heteroatoms. The molecule has 2 aromatic carbocycles. The number of non-ortho nitro benzene ring substituents is 1. The zero-order valence-corrected chi connectivity index (χ0v) is 16.4. The molecule has 0 aliphatic carbocycles. The van der Waals surface area contributed by atoms with Crippen LogP contribution in [0, 0.1) is 15.9 Å². The van der Waals surface area contributed by atoms with Gasteiger partial charge in [-0.1, -0.05) is 12.1 Å². The summed E-state index contributed by atoms with van der Waals surface area (Å²) in [5.41, 5.74) is 3.55. The summed E-state index contributed by atoms with van der Waals surface area (Å²) in [5.74, 6) is -0.385. The number of nitrogens with zero attached hydrogens (tertiary/aromatic N) is 3. The van der Waals surface area contributed by atoms with Crippen molar-refractivity contribution in [1.82, 2.24) is 4.31 Å². The molecule has 0 amide bonds. The molecule has 1 aliphatic rings. The minimum Gasteiger partial charge on any atom is -0.379 e. The number of halogens is 1. The number of ether oxygens (including phenoxy) is 1. The van der Waals surface area contributed by atoms with E-state index in [1.165, 1.54) is 40.7 Å². The Hall–Kier alpha value is -2.89. The van der Waals surface area contributed by atoms with Gasteiger partial charge >= 0.3 is 0 Å². The average Bonchev–Trinajstić information content (AvgIpc) is 2.73. The highest BCUT2D eigenvalue weighted by molar-refractivity contribution is 7.89. The van der Waals surface area contributed by atoms with E-state index >= 15 is 0 Å². The molecule has 9 nitrogen and oxygen atoms in total. The van der Waals surface area contributed by atoms with E-state index in [4.69, 9.17) is 4.74 Å². The Bertz CT molecular complexity index is 1030. The van der Waals surface area contributed by atoms with Crippen LogP contribution < -0.4 is 5.43 Å². The Morgan fingerprint density at radius 2 is 1.86 bits per heavy atom. The van der Waals surface area contributed by atoms with Crippen molar-refractivity contribution >= 4 is 27.1 Å². The van der Waals surface area contributed by atoms with Gasteiger partial charge in [0.25, 0.3) is 5.69 Å². The van der Waals surface area contributed by atoms with E-state index in [2.05, 4.69) is 10.5 Å². The van der Waals surface area contributed by atoms with Gasteiger partial charge in [0, 0.05) is 25.2 Å². The van der Waals surface area contributed by atoms with Crippen LogP contribution in [0.25, 0.3) is 0 Å². The molecule has 0 aromatic heterocycles. The fourth-order valence-electron chi connectivity index (χ4n) is 2.76. The second-order valence-electron chi connectivity index (χ2n) is 6.27. The van der Waals surface area contributed by atoms with E-state index < -0.39 is 14.9 Å². The number of hydrogen-bond donors (Lipinski definition) is 1. The van der Waals surface area contributed by atoms with Crippen LogP contribution in [0.5, 0.6) is 0 Å². The lowest BCUT2D eigenvalue weighted by molar-refractivity contribution is -0.385. The molecule has 29 heavy (non-hydrogen) atoms. The first-order valence-electron chi connectivity index (χ1n) is 8.71. The van der Waals surface area contributed by atoms with E-state index in [1.807, 2.05) is 0 Å². The van der Waals surface area contributed by atoms with Crippen molar-refractivity contribution in [3.05, 3.63) is 64.0 Å². The molecule has 0 saturated carbocycles. The van der Waals surface area contributed by atoms with Crippen molar-refractivity contribution in [2.75, 3.05) is 31.7 Å². The van der Waals surface area contributed by atoms with Gasteiger partial charge in [0.2, 0.25) is 10.0 Å². The molecule has 1 N–H and O–H groups in total. The SMILES string of the molecule is C/C(=N/Nc1ccc([N+](=O)[O-])cc1S(=O)(=O)N1CCOCC1)c1ccc(F)cc1. The summed E-state index contributed by atoms with van der Waals surface area (Å²) in [4.78, 5) is 10.2. The van der Waals surface area contributed by atoms with E-state index in [9.17, 15) is 22.9 Å². The number of morpholine rings is 1. The molecule has 0 bridgehead atoms. The topological polar surface area (TPSA) is 114 Å². The van der Waals surface area contributed by atoms with Crippen LogP contribution in [0.4, 0.5) is 15.8 Å². The van der Waals surface area contributed by atoms with Crippen molar-refractivity contribution in [2.45, 2.75) is 11.8 Å². The van der Waals surface area contributed by atoms with Crippen molar-refractivity contribution in [1.29, 1.82) is 0 Å². The third-order valence-corrected chi connectivity index (χ3v) is 6.31. The molecular formula is C18H19FN4O5S. The Morgan fingerprint density at radius 1 is 1.21 bits per heavy atom. The highest BCUT2D eigenvalue weighted by Gasteiger charge is 2.30. The van der Waals surface area contributed by atoms with Gasteiger partial charge in [-0.2, -0.15) is 9.41 Å². The van der Waals surface area contributed by atoms with Gasteiger partial charge in [-0.15, -0.1) is 0 Å². The number of nitrogens with one attached hydrogen (secondary N) is 1. The molecule has 0 spiro atoms. The van der Waals surface area contributed by atoms with Crippen LogP contribution in [0.3, 0.4) is 0 Å². The van der Waals surface area contributed by atoms with Crippen LogP contribution >= 0.6 is 0 Å². The largest absolute Gasteiger partial charge is 0.379 e. The van der Waals surface area contributed by atoms with E-state index in [0.29, 0.717) is 11.3 Å². The Morgan fingerprint density at radius 3 is 2.48 bits per heavy atom. The normalized spacial score (nSPS) is 15.9. The van der Waals surface area contributed by atoms with E-state index in [0.717, 1.165) is 6.07 Å². The summed E-state index contributed by atoms with van der Waals surface area (Å²) in [5, 5.41) is 15.3. The Balaban J connectivity index is 1.96. The molecule has 0 radical (unpaired) electrons. The summed E-state index contributed by atoms with van der Waals surface area (Å²) in [6.45, 7) is 2.48. The van der Waals surface area contributed by atoms with Gasteiger partial charge in [-0.3, -0.25) is 15.5 Å². The first-order valence-corrected chi connectivity index (χ1v) is 10.2. The molecule has 0 unspecified atom stereocenters. The third-order valence-electron chi connectivity index (χ3n) is 4.37. The lowest BCUT2D eigenvalue weighted by Gasteiger charge is -2.26. The number of nitro benzene ring substituents is 1. The molecule has 0 atom stereocenters. The molecule has 1 fully saturated rings. The minimum atomic E-state index is -4.00. The molecule has 154 valence electrons. The summed E-state index contributed by atoms with van der Waals surface area (Å²) in [6, 6.07) is 9.16. The van der Waals surface area contributed by atoms with Gasteiger partial charge in [0.05, 0.1) is 29.5 Å². The number of sulfonamides is 1. The standard InChI is InChI=1S/C18H19FN4O5S/c1-13(14-2-4-15(19)5-3-14)20-21-17-7-6-16(23(24)25)12-18(17)29(26,27)22-8-10-28-11-9-22/h2-7,12,21H,8-11H2,1H3/b20-13-. The lowest BCUT2D eigenvalue weighted by Crippen LogP contribution is -2.40. The fraction of sp³-hybridized carbons (Fsp3) is 0.278. The maximum absolute atomic E-state index is 13.1. The zero-order valence-electron chi connectivity index (χ0n) is 15.5. The van der Waals surface area contributed by atoms with E-state index in [-0.39, 0.29) is 48.4 Å². The zero-order chi connectivity index (χ0) is 21.0. The maximum atomic E-state index is 13.1. The van der Waals surface area contributed by atoms with Crippen molar-refractivity contribution < 1.29 is 22.5 Å². The number of hydrazone groups is 1. The van der Waals surface area contributed by atoms with Crippen LogP contribution in [-0.2, 0) is 14.8 Å². The van der Waals surface area contributed by atoms with Crippen LogP contribution in [0.15, 0.2) is 52.5 Å². The smallest absolute Gasteiger partial charge is 0.270 e. The quantitative estimate of drug-likeness (QED) is 0.435. The minimum absolute atomic E-state index is 0.101. The first-order chi connectivity index (χ1) is 13.8. The summed E-state index contributed by atoms with van der Waals surface area (Å²) < 4.78 is 45.6. The molecule has 1 heterocycles. The van der Waals surface area contributed by atoms with Gasteiger partial charge < -0.3 is 4.74 Å². The van der Waals surface area contributed by atoms with Crippen molar-refractivity contribution in [2.24, 2.45) is 5.10 Å².